The number of fused-ring (bicyclic) bond motifs is 1. The number of hydrogen-bond acceptors (Lipinski definition) is 1. The molecule has 0 fully saturated rings. The Morgan fingerprint density at radius 2 is 2.15 bits per heavy atom. The van der Waals surface area contributed by atoms with Crippen LogP contribution in [0.5, 0.6) is 0 Å². The van der Waals surface area contributed by atoms with Crippen LogP contribution in [-0.4, -0.2) is 5.91 Å². The summed E-state index contributed by atoms with van der Waals surface area (Å²) in [4.78, 5) is 11.0. The van der Waals surface area contributed by atoms with E-state index in [4.69, 9.17) is 0 Å². The van der Waals surface area contributed by atoms with Gasteiger partial charge < -0.3 is 5.32 Å². The normalized spacial score (nSPS) is 15.1. The number of aryl methyl sites for hydroxylation is 1. The van der Waals surface area contributed by atoms with Gasteiger partial charge in [0.1, 0.15) is 5.82 Å². The van der Waals surface area contributed by atoms with E-state index in [0.29, 0.717) is 22.1 Å². The average molecular weight is 291 g/mol. The lowest BCUT2D eigenvalue weighted by atomic mass is 10.0. The number of nitrogens with one attached hydrogen (secondary N) is 1. The first kappa shape index (κ1) is 8.93. The number of halogens is 2. The summed E-state index contributed by atoms with van der Waals surface area (Å²) < 4.78 is 13.7. The second kappa shape index (κ2) is 3.25. The van der Waals surface area contributed by atoms with Crippen molar-refractivity contribution in [3.63, 3.8) is 0 Å². The molecule has 1 aromatic carbocycles. The Kier molecular flexibility index (Phi) is 2.23. The number of carbonyl (C=O) groups excluding carboxylic acids is 1. The fraction of sp³-hybridized carbons (Fsp3) is 0.222. The Morgan fingerprint density at radius 3 is 2.92 bits per heavy atom. The molecule has 0 bridgehead atoms. The number of carbonyl (C=O) groups is 1. The highest BCUT2D eigenvalue weighted by Crippen LogP contribution is 2.26. The van der Waals surface area contributed by atoms with E-state index in [1.807, 2.05) is 22.6 Å². The first-order valence-electron chi connectivity index (χ1n) is 3.94. The summed E-state index contributed by atoms with van der Waals surface area (Å²) in [5, 5.41) is 2.65. The number of benzene rings is 1. The summed E-state index contributed by atoms with van der Waals surface area (Å²) >= 11 is 1.95. The summed E-state index contributed by atoms with van der Waals surface area (Å²) in [6.07, 6.45) is 1.20. The standard InChI is InChI=1S/C9H7FINO/c10-6-4-8-5(3-7(6)11)1-2-9(13)12-8/h3-4H,1-2H2,(H,12,13). The lowest BCUT2D eigenvalue weighted by molar-refractivity contribution is -0.116. The van der Waals surface area contributed by atoms with Crippen LogP contribution >= 0.6 is 22.6 Å². The van der Waals surface area contributed by atoms with Crippen LogP contribution in [0.25, 0.3) is 0 Å². The Hall–Kier alpha value is -0.650. The zero-order chi connectivity index (χ0) is 9.42. The van der Waals surface area contributed by atoms with Crippen molar-refractivity contribution in [2.75, 3.05) is 5.32 Å². The molecule has 2 rings (SSSR count). The molecular formula is C9H7FINO. The van der Waals surface area contributed by atoms with Crippen molar-refractivity contribution < 1.29 is 9.18 Å². The van der Waals surface area contributed by atoms with Gasteiger partial charge in [0.05, 0.1) is 0 Å². The van der Waals surface area contributed by atoms with E-state index in [1.165, 1.54) is 6.07 Å². The summed E-state index contributed by atoms with van der Waals surface area (Å²) in [5.41, 5.74) is 1.64. The van der Waals surface area contributed by atoms with Crippen LogP contribution in [0.4, 0.5) is 10.1 Å². The van der Waals surface area contributed by atoms with Crippen LogP contribution in [0.1, 0.15) is 12.0 Å². The maximum absolute atomic E-state index is 13.1. The van der Waals surface area contributed by atoms with E-state index in [-0.39, 0.29) is 11.7 Å². The van der Waals surface area contributed by atoms with Gasteiger partial charge in [0.25, 0.3) is 0 Å². The minimum atomic E-state index is -0.276. The van der Waals surface area contributed by atoms with Gasteiger partial charge in [-0.25, -0.2) is 4.39 Å². The third kappa shape index (κ3) is 1.67. The van der Waals surface area contributed by atoms with Gasteiger partial charge in [0.15, 0.2) is 0 Å². The fourth-order valence-corrected chi connectivity index (χ4v) is 1.90. The second-order valence-corrected chi connectivity index (χ2v) is 4.13. The van der Waals surface area contributed by atoms with Crippen molar-refractivity contribution in [3.05, 3.63) is 27.1 Å². The van der Waals surface area contributed by atoms with Gasteiger partial charge in [0.2, 0.25) is 5.91 Å². The van der Waals surface area contributed by atoms with Crippen LogP contribution in [-0.2, 0) is 11.2 Å². The zero-order valence-corrected chi connectivity index (χ0v) is 8.89. The van der Waals surface area contributed by atoms with Crippen molar-refractivity contribution in [1.29, 1.82) is 0 Å². The van der Waals surface area contributed by atoms with Gasteiger partial charge >= 0.3 is 0 Å². The number of anilines is 1. The van der Waals surface area contributed by atoms with Crippen molar-refractivity contribution in [3.8, 4) is 0 Å². The molecule has 68 valence electrons. The minimum Gasteiger partial charge on any atom is -0.326 e. The third-order valence-electron chi connectivity index (χ3n) is 2.04. The molecule has 4 heteroatoms. The van der Waals surface area contributed by atoms with Crippen LogP contribution in [0.15, 0.2) is 12.1 Å². The average Bonchev–Trinajstić information content (AvgIpc) is 2.08. The fourth-order valence-electron chi connectivity index (χ4n) is 1.37. The van der Waals surface area contributed by atoms with E-state index >= 15 is 0 Å². The van der Waals surface area contributed by atoms with Gasteiger partial charge in [0, 0.05) is 15.7 Å². The number of rotatable bonds is 0. The van der Waals surface area contributed by atoms with Crippen LogP contribution < -0.4 is 5.32 Å². The molecule has 0 aromatic heterocycles. The maximum Gasteiger partial charge on any atom is 0.224 e. The van der Waals surface area contributed by atoms with Crippen LogP contribution in [0.2, 0.25) is 0 Å². The molecule has 0 spiro atoms. The van der Waals surface area contributed by atoms with Crippen molar-refractivity contribution in [2.24, 2.45) is 0 Å². The van der Waals surface area contributed by atoms with Crippen LogP contribution in [0, 0.1) is 9.39 Å². The lowest BCUT2D eigenvalue weighted by Crippen LogP contribution is -2.19. The first-order valence-corrected chi connectivity index (χ1v) is 5.02. The molecule has 1 aliphatic heterocycles. The minimum absolute atomic E-state index is 0.0342. The third-order valence-corrected chi connectivity index (χ3v) is 2.87. The smallest absolute Gasteiger partial charge is 0.224 e. The quantitative estimate of drug-likeness (QED) is 0.730. The van der Waals surface area contributed by atoms with E-state index in [2.05, 4.69) is 5.32 Å². The lowest BCUT2D eigenvalue weighted by Gasteiger charge is -2.16. The summed E-state index contributed by atoms with van der Waals surface area (Å²) in [5.74, 6) is -0.311. The maximum atomic E-state index is 13.1. The molecule has 0 saturated carbocycles. The number of hydrogen-bond donors (Lipinski definition) is 1. The van der Waals surface area contributed by atoms with Crippen molar-refractivity contribution >= 4 is 34.2 Å². The van der Waals surface area contributed by atoms with E-state index in [0.717, 1.165) is 5.56 Å². The topological polar surface area (TPSA) is 29.1 Å². The van der Waals surface area contributed by atoms with E-state index in [1.54, 1.807) is 6.07 Å². The highest BCUT2D eigenvalue weighted by Gasteiger charge is 2.16. The van der Waals surface area contributed by atoms with E-state index < -0.39 is 0 Å². The summed E-state index contributed by atoms with van der Waals surface area (Å²) in [7, 11) is 0. The monoisotopic (exact) mass is 291 g/mol. The Labute approximate surface area is 88.7 Å². The molecule has 1 N–H and O–H groups in total. The van der Waals surface area contributed by atoms with Crippen molar-refractivity contribution in [2.45, 2.75) is 12.8 Å². The molecule has 1 amide bonds. The van der Waals surface area contributed by atoms with E-state index in [9.17, 15) is 9.18 Å². The molecule has 0 radical (unpaired) electrons. The second-order valence-electron chi connectivity index (χ2n) is 2.97. The van der Waals surface area contributed by atoms with Gasteiger partial charge in [-0.2, -0.15) is 0 Å². The zero-order valence-electron chi connectivity index (χ0n) is 6.73. The molecule has 0 atom stereocenters. The molecular weight excluding hydrogens is 284 g/mol. The predicted molar refractivity (Wildman–Crippen MR) is 56.1 cm³/mol. The van der Waals surface area contributed by atoms with Crippen LogP contribution in [0.3, 0.4) is 0 Å². The summed E-state index contributed by atoms with van der Waals surface area (Å²) in [6, 6.07) is 3.17. The van der Waals surface area contributed by atoms with Gasteiger partial charge in [-0.05, 0) is 46.7 Å². The SMILES string of the molecule is O=C1CCc2cc(I)c(F)cc2N1. The van der Waals surface area contributed by atoms with Gasteiger partial charge in [-0.15, -0.1) is 0 Å². The molecule has 0 aliphatic carbocycles. The Morgan fingerprint density at radius 1 is 1.38 bits per heavy atom. The highest BCUT2D eigenvalue weighted by atomic mass is 127. The number of amides is 1. The Balaban J connectivity index is 2.49. The molecule has 1 heterocycles. The van der Waals surface area contributed by atoms with Crippen molar-refractivity contribution in [1.82, 2.24) is 0 Å². The Bertz CT molecular complexity index is 378. The molecule has 1 aliphatic rings. The molecule has 2 nitrogen and oxygen atoms in total. The van der Waals surface area contributed by atoms with Gasteiger partial charge in [-0.1, -0.05) is 0 Å². The largest absolute Gasteiger partial charge is 0.326 e. The highest BCUT2D eigenvalue weighted by molar-refractivity contribution is 14.1. The molecule has 0 unspecified atom stereocenters. The first-order chi connectivity index (χ1) is 6.16. The predicted octanol–water partition coefficient (Wildman–Crippen LogP) is 2.31. The molecule has 0 saturated heterocycles. The molecule has 13 heavy (non-hydrogen) atoms. The summed E-state index contributed by atoms with van der Waals surface area (Å²) in [6.45, 7) is 0. The van der Waals surface area contributed by atoms with Gasteiger partial charge in [-0.3, -0.25) is 4.79 Å². The molecule has 1 aromatic rings.